The van der Waals surface area contributed by atoms with Crippen LogP contribution in [0.25, 0.3) is 0 Å². The van der Waals surface area contributed by atoms with Gasteiger partial charge in [0, 0.05) is 18.7 Å². The van der Waals surface area contributed by atoms with E-state index in [-0.39, 0.29) is 23.9 Å². The number of likely N-dealkylation sites (tertiary alicyclic amines) is 1. The predicted molar refractivity (Wildman–Crippen MR) is 86.5 cm³/mol. The van der Waals surface area contributed by atoms with Gasteiger partial charge in [0.15, 0.2) is 0 Å². The number of amides is 1. The molecule has 4 nitrogen and oxygen atoms in total. The zero-order valence-electron chi connectivity index (χ0n) is 12.8. The van der Waals surface area contributed by atoms with E-state index in [1.165, 1.54) is 12.1 Å². The number of rotatable bonds is 3. The van der Waals surface area contributed by atoms with Crippen molar-refractivity contribution < 1.29 is 18.7 Å². The van der Waals surface area contributed by atoms with E-state index in [4.69, 9.17) is 4.74 Å². The number of benzene rings is 1. The number of carbonyl (C=O) groups is 2. The average Bonchev–Trinajstić information content (AvgIpc) is 2.52. The van der Waals surface area contributed by atoms with Crippen LogP contribution in [0, 0.1) is 11.7 Å². The van der Waals surface area contributed by atoms with E-state index in [1.807, 2.05) is 0 Å². The zero-order chi connectivity index (χ0) is 16.4. The molecule has 23 heavy (non-hydrogen) atoms. The lowest BCUT2D eigenvalue weighted by atomic mass is 9.94. The molecule has 0 aromatic heterocycles. The van der Waals surface area contributed by atoms with Gasteiger partial charge >= 0.3 is 5.97 Å². The van der Waals surface area contributed by atoms with E-state index in [0.29, 0.717) is 23.1 Å². The Labute approximate surface area is 143 Å². The molecule has 0 unspecified atom stereocenters. The summed E-state index contributed by atoms with van der Waals surface area (Å²) in [5.74, 6) is -1.17. The van der Waals surface area contributed by atoms with E-state index < -0.39 is 5.82 Å². The standard InChI is InChI=1S/C17H19BrFNO3/c18-14-7-6-11(9-15(14)19)16(21)20-8-2-3-12(10-20)17(22)23-13-4-1-5-13/h6-7,9,12-13H,1-5,8,10H2/t12-/m0/s1. The van der Waals surface area contributed by atoms with E-state index in [9.17, 15) is 14.0 Å². The molecule has 1 amide bonds. The normalized spacial score (nSPS) is 21.7. The summed E-state index contributed by atoms with van der Waals surface area (Å²) < 4.78 is 19.4. The quantitative estimate of drug-likeness (QED) is 0.749. The Hall–Kier alpha value is -1.43. The summed E-state index contributed by atoms with van der Waals surface area (Å²) in [7, 11) is 0. The number of piperidine rings is 1. The number of halogens is 2. The fraction of sp³-hybridized carbons (Fsp3) is 0.529. The van der Waals surface area contributed by atoms with Gasteiger partial charge < -0.3 is 9.64 Å². The molecule has 2 aliphatic rings. The SMILES string of the molecule is O=C(OC1CCC1)[C@H]1CCCN(C(=O)c2ccc(Br)c(F)c2)C1. The molecule has 1 atom stereocenters. The molecular formula is C17H19BrFNO3. The topological polar surface area (TPSA) is 46.6 Å². The van der Waals surface area contributed by atoms with Crippen LogP contribution in [-0.2, 0) is 9.53 Å². The predicted octanol–water partition coefficient (Wildman–Crippen LogP) is 3.54. The first-order valence-corrected chi connectivity index (χ1v) is 8.78. The molecule has 2 fully saturated rings. The Morgan fingerprint density at radius 1 is 1.22 bits per heavy atom. The van der Waals surface area contributed by atoms with Gasteiger partial charge in [-0.1, -0.05) is 0 Å². The van der Waals surface area contributed by atoms with E-state index in [1.54, 1.807) is 11.0 Å². The molecule has 0 spiro atoms. The largest absolute Gasteiger partial charge is 0.462 e. The maximum absolute atomic E-state index is 13.6. The van der Waals surface area contributed by atoms with Gasteiger partial charge in [-0.25, -0.2) is 4.39 Å². The van der Waals surface area contributed by atoms with Gasteiger partial charge in [0.05, 0.1) is 10.4 Å². The number of ether oxygens (including phenoxy) is 1. The van der Waals surface area contributed by atoms with Gasteiger partial charge in [-0.15, -0.1) is 0 Å². The minimum Gasteiger partial charge on any atom is -0.462 e. The van der Waals surface area contributed by atoms with Gasteiger partial charge in [-0.05, 0) is 66.2 Å². The van der Waals surface area contributed by atoms with Crippen molar-refractivity contribution in [2.24, 2.45) is 5.92 Å². The highest BCUT2D eigenvalue weighted by Crippen LogP contribution is 2.26. The van der Waals surface area contributed by atoms with Crippen molar-refractivity contribution in [3.05, 3.63) is 34.1 Å². The fourth-order valence-corrected chi connectivity index (χ4v) is 3.16. The summed E-state index contributed by atoms with van der Waals surface area (Å²) >= 11 is 3.08. The van der Waals surface area contributed by atoms with Gasteiger partial charge in [-0.3, -0.25) is 9.59 Å². The van der Waals surface area contributed by atoms with E-state index >= 15 is 0 Å². The number of esters is 1. The molecule has 1 heterocycles. The third-order valence-electron chi connectivity index (χ3n) is 4.54. The number of hydrogen-bond donors (Lipinski definition) is 0. The van der Waals surface area contributed by atoms with Crippen LogP contribution in [-0.4, -0.2) is 36.0 Å². The Kier molecular flexibility index (Phi) is 4.99. The fourth-order valence-electron chi connectivity index (χ4n) is 2.91. The third-order valence-corrected chi connectivity index (χ3v) is 5.19. The average molecular weight is 384 g/mol. The second-order valence-electron chi connectivity index (χ2n) is 6.21. The first-order valence-electron chi connectivity index (χ1n) is 7.99. The van der Waals surface area contributed by atoms with Crippen LogP contribution < -0.4 is 0 Å². The molecule has 0 bridgehead atoms. The van der Waals surface area contributed by atoms with Gasteiger partial charge in [-0.2, -0.15) is 0 Å². The molecule has 124 valence electrons. The minimum atomic E-state index is -0.464. The lowest BCUT2D eigenvalue weighted by molar-refractivity contribution is -0.159. The summed E-state index contributed by atoms with van der Waals surface area (Å²) in [4.78, 5) is 26.3. The van der Waals surface area contributed by atoms with Crippen LogP contribution in [0.3, 0.4) is 0 Å². The van der Waals surface area contributed by atoms with E-state index in [0.717, 1.165) is 32.1 Å². The molecule has 1 aromatic rings. The summed E-state index contributed by atoms with van der Waals surface area (Å²) in [6, 6.07) is 4.34. The highest BCUT2D eigenvalue weighted by molar-refractivity contribution is 9.10. The molecular weight excluding hydrogens is 365 g/mol. The second-order valence-corrected chi connectivity index (χ2v) is 7.06. The molecule has 1 aromatic carbocycles. The molecule has 6 heteroatoms. The van der Waals surface area contributed by atoms with Crippen LogP contribution >= 0.6 is 15.9 Å². The number of hydrogen-bond acceptors (Lipinski definition) is 3. The Morgan fingerprint density at radius 2 is 2.00 bits per heavy atom. The van der Waals surface area contributed by atoms with Crippen molar-refractivity contribution in [1.82, 2.24) is 4.90 Å². The molecule has 1 aliphatic heterocycles. The molecule has 1 aliphatic carbocycles. The van der Waals surface area contributed by atoms with Crippen LogP contribution in [0.5, 0.6) is 0 Å². The van der Waals surface area contributed by atoms with Crippen molar-refractivity contribution in [3.63, 3.8) is 0 Å². The van der Waals surface area contributed by atoms with E-state index in [2.05, 4.69) is 15.9 Å². The zero-order valence-corrected chi connectivity index (χ0v) is 14.4. The van der Waals surface area contributed by atoms with Gasteiger partial charge in [0.25, 0.3) is 5.91 Å². The van der Waals surface area contributed by atoms with Crippen LogP contribution in [0.1, 0.15) is 42.5 Å². The third kappa shape index (κ3) is 3.74. The maximum atomic E-state index is 13.6. The monoisotopic (exact) mass is 383 g/mol. The summed E-state index contributed by atoms with van der Waals surface area (Å²) in [6.45, 7) is 0.936. The molecule has 0 N–H and O–H groups in total. The Morgan fingerprint density at radius 3 is 2.65 bits per heavy atom. The first-order chi connectivity index (χ1) is 11.0. The highest BCUT2D eigenvalue weighted by Gasteiger charge is 2.32. The lowest BCUT2D eigenvalue weighted by Crippen LogP contribution is -2.43. The Bertz CT molecular complexity index is 618. The van der Waals surface area contributed by atoms with Gasteiger partial charge in [0.1, 0.15) is 11.9 Å². The van der Waals surface area contributed by atoms with Crippen molar-refractivity contribution in [1.29, 1.82) is 0 Å². The second kappa shape index (κ2) is 6.99. The summed E-state index contributed by atoms with van der Waals surface area (Å²) in [5, 5.41) is 0. The molecule has 1 saturated carbocycles. The summed E-state index contributed by atoms with van der Waals surface area (Å²) in [6.07, 6.45) is 4.56. The van der Waals surface area contributed by atoms with Crippen molar-refractivity contribution in [2.75, 3.05) is 13.1 Å². The van der Waals surface area contributed by atoms with Crippen molar-refractivity contribution >= 4 is 27.8 Å². The molecule has 1 saturated heterocycles. The minimum absolute atomic E-state index is 0.0640. The highest BCUT2D eigenvalue weighted by atomic mass is 79.9. The van der Waals surface area contributed by atoms with Gasteiger partial charge in [0.2, 0.25) is 0 Å². The van der Waals surface area contributed by atoms with Crippen LogP contribution in [0.4, 0.5) is 4.39 Å². The number of carbonyl (C=O) groups excluding carboxylic acids is 2. The summed E-state index contributed by atoms with van der Waals surface area (Å²) in [5.41, 5.74) is 0.304. The van der Waals surface area contributed by atoms with Crippen LogP contribution in [0.15, 0.2) is 22.7 Å². The van der Waals surface area contributed by atoms with Crippen molar-refractivity contribution in [2.45, 2.75) is 38.2 Å². The van der Waals surface area contributed by atoms with Crippen molar-refractivity contribution in [3.8, 4) is 0 Å². The lowest BCUT2D eigenvalue weighted by Gasteiger charge is -2.33. The molecule has 3 rings (SSSR count). The smallest absolute Gasteiger partial charge is 0.311 e. The molecule has 0 radical (unpaired) electrons. The van der Waals surface area contributed by atoms with Crippen LogP contribution in [0.2, 0.25) is 0 Å². The maximum Gasteiger partial charge on any atom is 0.311 e. The number of nitrogens with zero attached hydrogens (tertiary/aromatic N) is 1. The first kappa shape index (κ1) is 16.4. The Balaban J connectivity index is 1.63.